The molecule has 1 aliphatic rings. The number of carbonyl (C=O) groups excluding carboxylic acids is 1. The van der Waals surface area contributed by atoms with E-state index < -0.39 is 11.6 Å². The molecule has 1 amide bonds. The van der Waals surface area contributed by atoms with Crippen molar-refractivity contribution in [1.82, 2.24) is 4.67 Å². The molecule has 0 saturated carbocycles. The van der Waals surface area contributed by atoms with Crippen LogP contribution in [-0.2, 0) is 4.74 Å². The van der Waals surface area contributed by atoms with E-state index in [0.29, 0.717) is 13.2 Å². The molecule has 0 radical (unpaired) electrons. The molecule has 0 atom stereocenters. The predicted molar refractivity (Wildman–Crippen MR) is 43.9 cm³/mol. The van der Waals surface area contributed by atoms with Gasteiger partial charge >= 0.3 is 72.6 Å². The molecule has 0 unspecified atom stereocenters. The topological polar surface area (TPSA) is 29.5 Å². The minimum atomic E-state index is -3.01. The van der Waals surface area contributed by atoms with Crippen LogP contribution in [0.3, 0.4) is 0 Å². The van der Waals surface area contributed by atoms with Crippen molar-refractivity contribution in [2.45, 2.75) is 0 Å². The number of amides is 1. The molecule has 0 aromatic carbocycles. The first kappa shape index (κ1) is 8.66. The summed E-state index contributed by atoms with van der Waals surface area (Å²) in [7, 11) is 0. The zero-order chi connectivity index (χ0) is 7.78. The molecule has 1 heterocycles. The molecule has 0 aliphatic carbocycles. The van der Waals surface area contributed by atoms with Gasteiger partial charge in [0.25, 0.3) is 0 Å². The Bertz CT molecular complexity index is 158. The third-order valence-electron chi connectivity index (χ3n) is 1.07. The van der Waals surface area contributed by atoms with Crippen LogP contribution in [-0.4, -0.2) is 23.9 Å². The van der Waals surface area contributed by atoms with Gasteiger partial charge in [-0.05, 0) is 0 Å². The average molecular weight is 224 g/mol. The monoisotopic (exact) mass is 223 g/mol. The molecule has 1 fully saturated rings. The van der Waals surface area contributed by atoms with E-state index in [4.69, 9.17) is 33.7 Å². The summed E-state index contributed by atoms with van der Waals surface area (Å²) < 4.78 is 5.72. The zero-order valence-corrected chi connectivity index (χ0v) is 8.08. The Morgan fingerprint density at radius 3 is 2.30 bits per heavy atom. The van der Waals surface area contributed by atoms with E-state index in [1.54, 1.807) is 0 Å². The fourth-order valence-corrected chi connectivity index (χ4v) is 2.62. The van der Waals surface area contributed by atoms with Gasteiger partial charge in [-0.15, -0.1) is 0 Å². The van der Waals surface area contributed by atoms with Gasteiger partial charge < -0.3 is 0 Å². The van der Waals surface area contributed by atoms with Crippen LogP contribution in [0, 0.1) is 0 Å². The Labute approximate surface area is 72.9 Å². The first-order valence-corrected chi connectivity index (χ1v) is 7.51. The fraction of sp³-hybridized carbons (Fsp3) is 0.667. The molecule has 7 heteroatoms. The molecule has 0 aromatic rings. The van der Waals surface area contributed by atoms with Crippen molar-refractivity contribution in [3.63, 3.8) is 0 Å². The number of halogens is 3. The van der Waals surface area contributed by atoms with Crippen LogP contribution in [0.25, 0.3) is 0 Å². The second-order valence-electron chi connectivity index (χ2n) is 1.73. The Morgan fingerprint density at radius 2 is 2.10 bits per heavy atom. The summed E-state index contributed by atoms with van der Waals surface area (Å²) in [5.41, 5.74) is -3.01. The average Bonchev–Trinajstić information content (AvgIpc) is 2.11. The van der Waals surface area contributed by atoms with E-state index in [1.807, 2.05) is 0 Å². The second-order valence-corrected chi connectivity index (χ2v) is 9.87. The van der Waals surface area contributed by atoms with Crippen LogP contribution in [0.2, 0.25) is 0 Å². The van der Waals surface area contributed by atoms with Gasteiger partial charge in [-0.1, -0.05) is 0 Å². The number of rotatable bonds is 1. The zero-order valence-electron chi connectivity index (χ0n) is 4.81. The standard InChI is InChI=1S/C3H5Cl3NO2P/c4-10(5,6)7-1-2-9-3(7)8/h10H,1-2H2. The van der Waals surface area contributed by atoms with Crippen LogP contribution in [0.5, 0.6) is 0 Å². The maximum atomic E-state index is 10.7. The van der Waals surface area contributed by atoms with E-state index >= 15 is 0 Å². The van der Waals surface area contributed by atoms with Crippen molar-refractivity contribution in [3.8, 4) is 0 Å². The van der Waals surface area contributed by atoms with Gasteiger partial charge in [-0.25, -0.2) is 0 Å². The Hall–Kier alpha value is 0.570. The molecule has 3 nitrogen and oxygen atoms in total. The second kappa shape index (κ2) is 2.90. The first-order valence-electron chi connectivity index (χ1n) is 2.53. The summed E-state index contributed by atoms with van der Waals surface area (Å²) >= 11 is 16.6. The number of cyclic esters (lactones) is 1. The molecule has 10 heavy (non-hydrogen) atoms. The number of hydrogen-bond acceptors (Lipinski definition) is 2. The van der Waals surface area contributed by atoms with Crippen molar-refractivity contribution >= 4 is 45.3 Å². The molecule has 0 bridgehead atoms. The summed E-state index contributed by atoms with van der Waals surface area (Å²) in [5.74, 6) is 0. The molecular formula is C3H5Cl3NO2P. The van der Waals surface area contributed by atoms with E-state index in [-0.39, 0.29) is 0 Å². The first-order chi connectivity index (χ1) is 4.52. The summed E-state index contributed by atoms with van der Waals surface area (Å²) in [6, 6.07) is 0. The van der Waals surface area contributed by atoms with Crippen LogP contribution in [0.4, 0.5) is 4.79 Å². The van der Waals surface area contributed by atoms with Crippen molar-refractivity contribution in [1.29, 1.82) is 0 Å². The van der Waals surface area contributed by atoms with Gasteiger partial charge in [0.05, 0.1) is 0 Å². The summed E-state index contributed by atoms with van der Waals surface area (Å²) in [6.07, 6.45) is -0.522. The predicted octanol–water partition coefficient (Wildman–Crippen LogP) is 2.56. The maximum absolute atomic E-state index is 10.7. The quantitative estimate of drug-likeness (QED) is 0.641. The van der Waals surface area contributed by atoms with Gasteiger partial charge in [-0.2, -0.15) is 0 Å². The van der Waals surface area contributed by atoms with Crippen LogP contribution in [0.1, 0.15) is 0 Å². The van der Waals surface area contributed by atoms with Gasteiger partial charge in [0.15, 0.2) is 0 Å². The minimum absolute atomic E-state index is 0.319. The number of carbonyl (C=O) groups is 1. The normalized spacial score (nSPS) is 21.1. The molecule has 1 aliphatic heterocycles. The molecule has 0 aromatic heterocycles. The van der Waals surface area contributed by atoms with E-state index in [9.17, 15) is 4.79 Å². The number of hydrogen-bond donors (Lipinski definition) is 0. The van der Waals surface area contributed by atoms with Gasteiger partial charge in [-0.3, -0.25) is 0 Å². The molecule has 0 spiro atoms. The summed E-state index contributed by atoms with van der Waals surface area (Å²) in [4.78, 5) is 10.7. The summed E-state index contributed by atoms with van der Waals surface area (Å²) in [6.45, 7) is 0.710. The van der Waals surface area contributed by atoms with Gasteiger partial charge in [0.2, 0.25) is 0 Å². The van der Waals surface area contributed by atoms with E-state index in [0.717, 1.165) is 4.67 Å². The Morgan fingerprint density at radius 1 is 1.50 bits per heavy atom. The fourth-order valence-electron chi connectivity index (χ4n) is 0.624. The third kappa shape index (κ3) is 1.79. The summed E-state index contributed by atoms with van der Waals surface area (Å²) in [5, 5.41) is 0. The van der Waals surface area contributed by atoms with Crippen LogP contribution < -0.4 is 0 Å². The molecule has 60 valence electrons. The molecular weight excluding hydrogens is 219 g/mol. The van der Waals surface area contributed by atoms with Gasteiger partial charge in [0, 0.05) is 0 Å². The number of nitrogens with zero attached hydrogens (tertiary/aromatic N) is 1. The molecule has 1 rings (SSSR count). The van der Waals surface area contributed by atoms with Crippen molar-refractivity contribution in [2.24, 2.45) is 0 Å². The SMILES string of the molecule is O=C1OCCN1[PH](Cl)(Cl)Cl. The molecule has 0 N–H and O–H groups in total. The van der Waals surface area contributed by atoms with Crippen LogP contribution in [0.15, 0.2) is 0 Å². The number of ether oxygens (including phenoxy) is 1. The van der Waals surface area contributed by atoms with Crippen molar-refractivity contribution in [2.75, 3.05) is 13.2 Å². The Balaban J connectivity index is 2.64. The Kier molecular flexibility index (Phi) is 2.51. The van der Waals surface area contributed by atoms with Gasteiger partial charge in [0.1, 0.15) is 0 Å². The van der Waals surface area contributed by atoms with E-state index in [1.165, 1.54) is 0 Å². The third-order valence-corrected chi connectivity index (χ3v) is 3.92. The molecule has 1 saturated heterocycles. The van der Waals surface area contributed by atoms with Crippen molar-refractivity contribution < 1.29 is 9.53 Å². The van der Waals surface area contributed by atoms with E-state index in [2.05, 4.69) is 4.74 Å². The van der Waals surface area contributed by atoms with Crippen LogP contribution >= 0.6 is 39.2 Å². The van der Waals surface area contributed by atoms with Crippen molar-refractivity contribution in [3.05, 3.63) is 0 Å².